The molecule has 6 nitrogen and oxygen atoms in total. The Morgan fingerprint density at radius 3 is 2.09 bits per heavy atom. The standard InChI is InChI=1S/C27H31BrN2O4S/c1-27(2,3)22-9-15-25(16-10-22)34-18-17-29-26(31)21-7-5-20(6-8-21)19-30(35(4,32)33)24-13-11-23(28)12-14-24/h5-16H,17-19H2,1-4H3,(H,29,31). The van der Waals surface area contributed by atoms with E-state index in [1.165, 1.54) is 16.1 Å². The summed E-state index contributed by atoms with van der Waals surface area (Å²) < 4.78 is 32.6. The van der Waals surface area contributed by atoms with Gasteiger partial charge in [0.1, 0.15) is 12.4 Å². The van der Waals surface area contributed by atoms with E-state index in [0.29, 0.717) is 24.4 Å². The molecule has 1 N–H and O–H groups in total. The van der Waals surface area contributed by atoms with Crippen molar-refractivity contribution in [1.82, 2.24) is 5.32 Å². The maximum atomic E-state index is 12.5. The molecule has 186 valence electrons. The van der Waals surface area contributed by atoms with Crippen molar-refractivity contribution < 1.29 is 17.9 Å². The molecule has 0 saturated carbocycles. The third-order valence-electron chi connectivity index (χ3n) is 5.43. The second kappa shape index (κ2) is 11.3. The van der Waals surface area contributed by atoms with Crippen LogP contribution in [0.1, 0.15) is 42.3 Å². The van der Waals surface area contributed by atoms with E-state index in [1.54, 1.807) is 48.5 Å². The van der Waals surface area contributed by atoms with Gasteiger partial charge in [-0.1, -0.05) is 61.0 Å². The smallest absolute Gasteiger partial charge is 0.251 e. The van der Waals surface area contributed by atoms with E-state index < -0.39 is 10.0 Å². The zero-order valence-electron chi connectivity index (χ0n) is 20.4. The van der Waals surface area contributed by atoms with Crippen LogP contribution in [0.4, 0.5) is 5.69 Å². The quantitative estimate of drug-likeness (QED) is 0.351. The van der Waals surface area contributed by atoms with Gasteiger partial charge in [0.25, 0.3) is 5.91 Å². The number of carbonyl (C=O) groups is 1. The first-order chi connectivity index (χ1) is 16.4. The van der Waals surface area contributed by atoms with Gasteiger partial charge in [-0.15, -0.1) is 0 Å². The third kappa shape index (κ3) is 7.83. The highest BCUT2D eigenvalue weighted by Crippen LogP contribution is 2.25. The van der Waals surface area contributed by atoms with Gasteiger partial charge < -0.3 is 10.1 Å². The molecule has 3 rings (SSSR count). The highest BCUT2D eigenvalue weighted by Gasteiger charge is 2.18. The summed E-state index contributed by atoms with van der Waals surface area (Å²) in [6, 6.07) is 22.0. The maximum Gasteiger partial charge on any atom is 0.251 e. The summed E-state index contributed by atoms with van der Waals surface area (Å²) in [5.41, 5.74) is 3.17. The highest BCUT2D eigenvalue weighted by atomic mass is 79.9. The van der Waals surface area contributed by atoms with Crippen LogP contribution in [-0.4, -0.2) is 33.7 Å². The molecule has 0 atom stereocenters. The van der Waals surface area contributed by atoms with Crippen LogP contribution in [0.5, 0.6) is 5.75 Å². The largest absolute Gasteiger partial charge is 0.492 e. The van der Waals surface area contributed by atoms with E-state index in [0.717, 1.165) is 15.8 Å². The number of nitrogens with zero attached hydrogens (tertiary/aromatic N) is 1. The Labute approximate surface area is 216 Å². The molecule has 3 aromatic rings. The fourth-order valence-corrected chi connectivity index (χ4v) is 4.57. The van der Waals surface area contributed by atoms with Crippen molar-refractivity contribution in [2.24, 2.45) is 0 Å². The molecule has 3 aromatic carbocycles. The zero-order chi connectivity index (χ0) is 25.6. The molecule has 0 radical (unpaired) electrons. The summed E-state index contributed by atoms with van der Waals surface area (Å²) in [5, 5.41) is 2.85. The van der Waals surface area contributed by atoms with Crippen molar-refractivity contribution in [3.05, 3.63) is 94.0 Å². The van der Waals surface area contributed by atoms with Gasteiger partial charge in [0.2, 0.25) is 10.0 Å². The van der Waals surface area contributed by atoms with Gasteiger partial charge in [-0.25, -0.2) is 8.42 Å². The predicted octanol–water partition coefficient (Wildman–Crippen LogP) is 5.52. The molecule has 0 aliphatic rings. The molecule has 1 amide bonds. The Morgan fingerprint density at radius 1 is 0.943 bits per heavy atom. The van der Waals surface area contributed by atoms with Crippen LogP contribution >= 0.6 is 15.9 Å². The summed E-state index contributed by atoms with van der Waals surface area (Å²) in [6.45, 7) is 7.38. The fourth-order valence-electron chi connectivity index (χ4n) is 3.42. The first-order valence-electron chi connectivity index (χ1n) is 11.3. The molecule has 0 aromatic heterocycles. The fraction of sp³-hybridized carbons (Fsp3) is 0.296. The highest BCUT2D eigenvalue weighted by molar-refractivity contribution is 9.10. The number of ether oxygens (including phenoxy) is 1. The lowest BCUT2D eigenvalue weighted by molar-refractivity contribution is 0.0947. The van der Waals surface area contributed by atoms with Crippen LogP contribution in [0.3, 0.4) is 0 Å². The summed E-state index contributed by atoms with van der Waals surface area (Å²) in [4.78, 5) is 12.5. The Morgan fingerprint density at radius 2 is 1.54 bits per heavy atom. The minimum atomic E-state index is -3.48. The number of carbonyl (C=O) groups excluding carboxylic acids is 1. The number of sulfonamides is 1. The maximum absolute atomic E-state index is 12.5. The van der Waals surface area contributed by atoms with Crippen LogP contribution in [0.15, 0.2) is 77.3 Å². The molecule has 8 heteroatoms. The summed E-state index contributed by atoms with van der Waals surface area (Å²) in [7, 11) is -3.48. The first-order valence-corrected chi connectivity index (χ1v) is 13.9. The topological polar surface area (TPSA) is 75.7 Å². The van der Waals surface area contributed by atoms with Gasteiger partial charge in [0.15, 0.2) is 0 Å². The van der Waals surface area contributed by atoms with Crippen LogP contribution < -0.4 is 14.4 Å². The van der Waals surface area contributed by atoms with Crippen molar-refractivity contribution in [1.29, 1.82) is 0 Å². The lowest BCUT2D eigenvalue weighted by Gasteiger charge is -2.22. The predicted molar refractivity (Wildman–Crippen MR) is 145 cm³/mol. The Kier molecular flexibility index (Phi) is 8.61. The second-order valence-electron chi connectivity index (χ2n) is 9.32. The van der Waals surface area contributed by atoms with Crippen molar-refractivity contribution in [3.8, 4) is 5.75 Å². The third-order valence-corrected chi connectivity index (χ3v) is 7.10. The van der Waals surface area contributed by atoms with Crippen LogP contribution in [0.25, 0.3) is 0 Å². The number of benzene rings is 3. The molecule has 0 heterocycles. The zero-order valence-corrected chi connectivity index (χ0v) is 22.8. The van der Waals surface area contributed by atoms with E-state index in [1.807, 2.05) is 12.1 Å². The van der Waals surface area contributed by atoms with Gasteiger partial charge >= 0.3 is 0 Å². The van der Waals surface area contributed by atoms with Gasteiger partial charge in [-0.05, 0) is 65.1 Å². The Hall–Kier alpha value is -2.84. The number of amides is 1. The minimum absolute atomic E-state index is 0.0874. The molecule has 0 aliphatic heterocycles. The number of hydrogen-bond donors (Lipinski definition) is 1. The van der Waals surface area contributed by atoms with Gasteiger partial charge in [0, 0.05) is 10.0 Å². The van der Waals surface area contributed by atoms with E-state index in [9.17, 15) is 13.2 Å². The van der Waals surface area contributed by atoms with Gasteiger partial charge in [-0.2, -0.15) is 0 Å². The van der Waals surface area contributed by atoms with Crippen molar-refractivity contribution in [2.45, 2.75) is 32.7 Å². The first kappa shape index (κ1) is 26.8. The van der Waals surface area contributed by atoms with Gasteiger partial charge in [0.05, 0.1) is 25.0 Å². The summed E-state index contributed by atoms with van der Waals surface area (Å²) >= 11 is 3.36. The lowest BCUT2D eigenvalue weighted by Crippen LogP contribution is -2.29. The second-order valence-corrected chi connectivity index (χ2v) is 12.1. The average molecular weight is 560 g/mol. The van der Waals surface area contributed by atoms with Crippen LogP contribution in [-0.2, 0) is 22.0 Å². The molecule has 0 aliphatic carbocycles. The molecule has 35 heavy (non-hydrogen) atoms. The van der Waals surface area contributed by atoms with E-state index in [-0.39, 0.29) is 17.9 Å². The molecule has 0 bridgehead atoms. The molecule has 0 unspecified atom stereocenters. The molecule has 0 spiro atoms. The molecular weight excluding hydrogens is 528 g/mol. The number of hydrogen-bond acceptors (Lipinski definition) is 4. The van der Waals surface area contributed by atoms with Crippen LogP contribution in [0.2, 0.25) is 0 Å². The Balaban J connectivity index is 1.53. The normalized spacial score (nSPS) is 11.7. The van der Waals surface area contributed by atoms with Crippen molar-refractivity contribution >= 4 is 37.5 Å². The summed E-state index contributed by atoms with van der Waals surface area (Å²) in [5.74, 6) is 0.550. The number of rotatable bonds is 9. The van der Waals surface area contributed by atoms with Crippen LogP contribution in [0, 0.1) is 0 Å². The SMILES string of the molecule is CC(C)(C)c1ccc(OCCNC(=O)c2ccc(CN(c3ccc(Br)cc3)S(C)(=O)=O)cc2)cc1. The molecule has 0 saturated heterocycles. The van der Waals surface area contributed by atoms with E-state index >= 15 is 0 Å². The molecule has 0 fully saturated rings. The van der Waals surface area contributed by atoms with E-state index in [4.69, 9.17) is 4.74 Å². The van der Waals surface area contributed by atoms with Crippen molar-refractivity contribution in [3.63, 3.8) is 0 Å². The number of nitrogens with one attached hydrogen (secondary N) is 1. The van der Waals surface area contributed by atoms with E-state index in [2.05, 4.69) is 54.2 Å². The molecular formula is C27H31BrN2O4S. The lowest BCUT2D eigenvalue weighted by atomic mass is 9.87. The minimum Gasteiger partial charge on any atom is -0.492 e. The van der Waals surface area contributed by atoms with Gasteiger partial charge in [-0.3, -0.25) is 9.10 Å². The number of halogens is 1. The monoisotopic (exact) mass is 558 g/mol. The Bertz CT molecular complexity index is 1230. The number of anilines is 1. The average Bonchev–Trinajstić information content (AvgIpc) is 2.80. The van der Waals surface area contributed by atoms with Crippen molar-refractivity contribution in [2.75, 3.05) is 23.7 Å². The summed E-state index contributed by atoms with van der Waals surface area (Å²) in [6.07, 6.45) is 1.18.